The smallest absolute Gasteiger partial charge is 0.320 e. The van der Waals surface area contributed by atoms with E-state index in [0.717, 1.165) is 25.1 Å². The van der Waals surface area contributed by atoms with Crippen LogP contribution in [-0.2, 0) is 16.1 Å². The quantitative estimate of drug-likeness (QED) is 0.567. The van der Waals surface area contributed by atoms with Crippen molar-refractivity contribution in [2.24, 2.45) is 0 Å². The maximum atomic E-state index is 13.3. The lowest BCUT2D eigenvalue weighted by Gasteiger charge is -2.24. The van der Waals surface area contributed by atoms with Gasteiger partial charge in [0, 0.05) is 31.9 Å². The third-order valence-electron chi connectivity index (χ3n) is 4.64. The van der Waals surface area contributed by atoms with Crippen molar-refractivity contribution in [3.05, 3.63) is 64.9 Å². The number of esters is 1. The van der Waals surface area contributed by atoms with E-state index in [0.29, 0.717) is 23.9 Å². The van der Waals surface area contributed by atoms with Crippen molar-refractivity contribution in [2.75, 3.05) is 38.0 Å². The molecular weight excluding hydrogens is 413 g/mol. The highest BCUT2D eigenvalue weighted by Crippen LogP contribution is 2.20. The largest absolute Gasteiger partial charge is 0.460 e. The summed E-state index contributed by atoms with van der Waals surface area (Å²) in [5, 5.41) is 3.70. The van der Waals surface area contributed by atoms with Gasteiger partial charge >= 0.3 is 5.97 Å². The van der Waals surface area contributed by atoms with Crippen LogP contribution in [0.15, 0.2) is 48.5 Å². The van der Waals surface area contributed by atoms with Crippen molar-refractivity contribution in [1.82, 2.24) is 9.80 Å². The predicted molar refractivity (Wildman–Crippen MR) is 116 cm³/mol. The van der Waals surface area contributed by atoms with E-state index in [4.69, 9.17) is 28.6 Å². The molecule has 2 aromatic rings. The van der Waals surface area contributed by atoms with Gasteiger partial charge in [0.2, 0.25) is 0 Å². The molecule has 1 heterocycles. The molecule has 0 aromatic heterocycles. The minimum atomic E-state index is -0.465. The summed E-state index contributed by atoms with van der Waals surface area (Å²) in [5.74, 6) is -0.698. The van der Waals surface area contributed by atoms with Crippen molar-refractivity contribution < 1.29 is 13.9 Å². The molecule has 0 bridgehead atoms. The molecule has 5 nitrogen and oxygen atoms in total. The van der Waals surface area contributed by atoms with Crippen molar-refractivity contribution >= 4 is 40.6 Å². The number of halogens is 2. The van der Waals surface area contributed by atoms with Crippen molar-refractivity contribution in [3.8, 4) is 0 Å². The first-order valence-corrected chi connectivity index (χ1v) is 10.2. The van der Waals surface area contributed by atoms with Crippen molar-refractivity contribution in [2.45, 2.75) is 13.0 Å². The van der Waals surface area contributed by atoms with Gasteiger partial charge in [0.25, 0.3) is 0 Å². The van der Waals surface area contributed by atoms with Gasteiger partial charge in [-0.1, -0.05) is 41.9 Å². The number of carbonyl (C=O) groups is 1. The number of hydrogen-bond donors (Lipinski definition) is 1. The Morgan fingerprint density at radius 3 is 2.69 bits per heavy atom. The van der Waals surface area contributed by atoms with E-state index in [1.807, 2.05) is 35.2 Å². The number of ether oxygens (including phenoxy) is 1. The number of anilines is 1. The highest BCUT2D eigenvalue weighted by Gasteiger charge is 2.19. The second-order valence-corrected chi connectivity index (χ2v) is 7.62. The number of nitrogens with zero attached hydrogens (tertiary/aromatic N) is 2. The zero-order valence-corrected chi connectivity index (χ0v) is 17.5. The molecule has 0 atom stereocenters. The molecule has 1 aliphatic rings. The lowest BCUT2D eigenvalue weighted by atomic mass is 10.2. The van der Waals surface area contributed by atoms with Gasteiger partial charge in [-0.3, -0.25) is 9.69 Å². The fourth-order valence-electron chi connectivity index (χ4n) is 3.07. The molecule has 29 heavy (non-hydrogen) atoms. The monoisotopic (exact) mass is 435 g/mol. The lowest BCUT2D eigenvalue weighted by Crippen LogP contribution is -2.39. The Morgan fingerprint density at radius 1 is 1.14 bits per heavy atom. The summed E-state index contributed by atoms with van der Waals surface area (Å²) in [6.07, 6.45) is 0.873. The number of nitrogens with one attached hydrogen (secondary N) is 1. The van der Waals surface area contributed by atoms with Crippen LogP contribution in [0.2, 0.25) is 5.02 Å². The molecule has 0 radical (unpaired) electrons. The van der Waals surface area contributed by atoms with E-state index >= 15 is 0 Å². The van der Waals surface area contributed by atoms with Gasteiger partial charge < -0.3 is 15.0 Å². The summed E-state index contributed by atoms with van der Waals surface area (Å²) in [6.45, 7) is 3.50. The number of hydrogen-bond acceptors (Lipinski definition) is 4. The van der Waals surface area contributed by atoms with Crippen LogP contribution in [-0.4, -0.2) is 53.6 Å². The SMILES string of the molecule is O=C(CN1CCCN(C(=S)Nc2ccc(F)c(Cl)c2)CC1)OCc1ccccc1. The molecule has 0 unspecified atom stereocenters. The molecule has 2 aromatic carbocycles. The lowest BCUT2D eigenvalue weighted by molar-refractivity contribution is -0.146. The van der Waals surface area contributed by atoms with Crippen LogP contribution < -0.4 is 5.32 Å². The molecule has 3 rings (SSSR count). The highest BCUT2D eigenvalue weighted by molar-refractivity contribution is 7.80. The normalized spacial score (nSPS) is 14.9. The molecule has 154 valence electrons. The fourth-order valence-corrected chi connectivity index (χ4v) is 3.56. The minimum Gasteiger partial charge on any atom is -0.460 e. The van der Waals surface area contributed by atoms with Gasteiger partial charge in [-0.2, -0.15) is 0 Å². The Balaban J connectivity index is 1.44. The average molecular weight is 436 g/mol. The Kier molecular flexibility index (Phi) is 7.80. The predicted octanol–water partition coefficient (Wildman–Crippen LogP) is 3.93. The van der Waals surface area contributed by atoms with Gasteiger partial charge in [0.15, 0.2) is 5.11 Å². The molecule has 0 amide bonds. The van der Waals surface area contributed by atoms with Crippen molar-refractivity contribution in [1.29, 1.82) is 0 Å². The molecule has 1 aliphatic heterocycles. The zero-order valence-electron chi connectivity index (χ0n) is 15.9. The zero-order chi connectivity index (χ0) is 20.6. The van der Waals surface area contributed by atoms with Crippen LogP contribution in [0.5, 0.6) is 0 Å². The van der Waals surface area contributed by atoms with Gasteiger partial charge in [0.1, 0.15) is 12.4 Å². The molecule has 1 saturated heterocycles. The van der Waals surface area contributed by atoms with E-state index < -0.39 is 5.82 Å². The third-order valence-corrected chi connectivity index (χ3v) is 5.29. The van der Waals surface area contributed by atoms with Crippen LogP contribution in [0.3, 0.4) is 0 Å². The van der Waals surface area contributed by atoms with E-state index in [2.05, 4.69) is 10.2 Å². The topological polar surface area (TPSA) is 44.8 Å². The van der Waals surface area contributed by atoms with E-state index in [1.54, 1.807) is 6.07 Å². The van der Waals surface area contributed by atoms with Crippen LogP contribution in [0, 0.1) is 5.82 Å². The fraction of sp³-hybridized carbons (Fsp3) is 0.333. The Labute approximate surface area is 180 Å². The Morgan fingerprint density at radius 2 is 1.93 bits per heavy atom. The van der Waals surface area contributed by atoms with Gasteiger partial charge in [-0.25, -0.2) is 4.39 Å². The standard InChI is InChI=1S/C21H23ClFN3O2S/c22-18-13-17(7-8-19(18)23)24-21(29)26-10-4-9-25(11-12-26)14-20(27)28-15-16-5-2-1-3-6-16/h1-3,5-8,13H,4,9-12,14-15H2,(H,24,29). The molecule has 0 aliphatic carbocycles. The molecule has 0 spiro atoms. The first-order chi connectivity index (χ1) is 14.0. The van der Waals surface area contributed by atoms with Crippen LogP contribution >= 0.6 is 23.8 Å². The molecule has 1 fully saturated rings. The number of benzene rings is 2. The highest BCUT2D eigenvalue weighted by atomic mass is 35.5. The van der Waals surface area contributed by atoms with E-state index in [1.165, 1.54) is 12.1 Å². The van der Waals surface area contributed by atoms with Gasteiger partial charge in [-0.05, 0) is 42.4 Å². The second kappa shape index (κ2) is 10.5. The van der Waals surface area contributed by atoms with E-state index in [-0.39, 0.29) is 24.1 Å². The minimum absolute atomic E-state index is 0.0499. The molecular formula is C21H23ClFN3O2S. The van der Waals surface area contributed by atoms with Crippen LogP contribution in [0.1, 0.15) is 12.0 Å². The Hall–Kier alpha value is -2.22. The van der Waals surface area contributed by atoms with Crippen LogP contribution in [0.25, 0.3) is 0 Å². The number of thiocarbonyl (C=S) groups is 1. The molecule has 1 N–H and O–H groups in total. The third kappa shape index (κ3) is 6.66. The first kappa shape index (κ1) is 21.5. The van der Waals surface area contributed by atoms with Crippen molar-refractivity contribution in [3.63, 3.8) is 0 Å². The first-order valence-electron chi connectivity index (χ1n) is 9.44. The van der Waals surface area contributed by atoms with Gasteiger partial charge in [0.05, 0.1) is 11.6 Å². The summed E-state index contributed by atoms with van der Waals surface area (Å²) < 4.78 is 18.7. The van der Waals surface area contributed by atoms with Crippen LogP contribution in [0.4, 0.5) is 10.1 Å². The summed E-state index contributed by atoms with van der Waals surface area (Å²) >= 11 is 11.3. The van der Waals surface area contributed by atoms with Gasteiger partial charge in [-0.15, -0.1) is 0 Å². The number of rotatable bonds is 5. The maximum absolute atomic E-state index is 13.3. The molecule has 8 heteroatoms. The Bertz CT molecular complexity index is 853. The summed E-state index contributed by atoms with van der Waals surface area (Å²) in [5.41, 5.74) is 1.62. The van der Waals surface area contributed by atoms with E-state index in [9.17, 15) is 9.18 Å². The summed E-state index contributed by atoms with van der Waals surface area (Å²) in [4.78, 5) is 16.3. The molecule has 0 saturated carbocycles. The average Bonchev–Trinajstić information content (AvgIpc) is 2.96. The second-order valence-electron chi connectivity index (χ2n) is 6.82. The number of carbonyl (C=O) groups excluding carboxylic acids is 1. The maximum Gasteiger partial charge on any atom is 0.320 e. The summed E-state index contributed by atoms with van der Waals surface area (Å²) in [6, 6.07) is 14.0. The summed E-state index contributed by atoms with van der Waals surface area (Å²) in [7, 11) is 0.